The zero-order valence-corrected chi connectivity index (χ0v) is 19.7. The van der Waals surface area contributed by atoms with E-state index in [1.807, 2.05) is 37.4 Å². The molecule has 2 aromatic rings. The van der Waals surface area contributed by atoms with E-state index in [1.54, 1.807) is 25.5 Å². The molecule has 34 heavy (non-hydrogen) atoms. The molecule has 0 fully saturated rings. The number of hydrazone groups is 1. The number of carbonyl (C=O) groups excluding carboxylic acids is 2. The van der Waals surface area contributed by atoms with Crippen LogP contribution in [0.5, 0.6) is 5.75 Å². The number of esters is 1. The number of benzene rings is 2. The van der Waals surface area contributed by atoms with Crippen molar-refractivity contribution in [1.29, 1.82) is 0 Å². The summed E-state index contributed by atoms with van der Waals surface area (Å²) in [5.74, 6) is -0.0714. The molecule has 1 aliphatic rings. The van der Waals surface area contributed by atoms with E-state index in [-0.39, 0.29) is 11.3 Å². The smallest absolute Gasteiger partial charge is 0.337 e. The highest BCUT2D eigenvalue weighted by Gasteiger charge is 2.44. The molecule has 2 aromatic carbocycles. The van der Waals surface area contributed by atoms with Crippen LogP contribution < -0.4 is 15.1 Å². The Balaban J connectivity index is 1.85. The first kappa shape index (κ1) is 24.5. The highest BCUT2D eigenvalue weighted by Crippen LogP contribution is 2.52. The highest BCUT2D eigenvalue weighted by molar-refractivity contribution is 5.96. The maximum absolute atomic E-state index is 12.4. The second-order valence-corrected chi connectivity index (χ2v) is 7.85. The van der Waals surface area contributed by atoms with Crippen molar-refractivity contribution in [3.05, 3.63) is 96.2 Å². The summed E-state index contributed by atoms with van der Waals surface area (Å²) in [5, 5.41) is 4.11. The Morgan fingerprint density at radius 1 is 1.06 bits per heavy atom. The molecule has 1 heterocycles. The predicted octanol–water partition coefficient (Wildman–Crippen LogP) is 4.62. The Morgan fingerprint density at radius 3 is 2.29 bits per heavy atom. The molecule has 0 saturated carbocycles. The van der Waals surface area contributed by atoms with E-state index >= 15 is 0 Å². The minimum absolute atomic E-state index is 0.348. The van der Waals surface area contributed by atoms with E-state index in [9.17, 15) is 9.59 Å². The number of fused-ring (bicyclic) bond motifs is 1. The summed E-state index contributed by atoms with van der Waals surface area (Å²) in [6.45, 7) is 7.94. The number of carbonyl (C=O) groups is 2. The summed E-state index contributed by atoms with van der Waals surface area (Å²) in [6, 6.07) is 12.2. The Bertz CT molecular complexity index is 1140. The van der Waals surface area contributed by atoms with Gasteiger partial charge in [0.2, 0.25) is 0 Å². The Hall–Kier alpha value is -4.13. The molecule has 0 unspecified atom stereocenters. The van der Waals surface area contributed by atoms with Crippen LogP contribution in [0, 0.1) is 0 Å². The number of allylic oxidation sites excluding steroid dienone is 4. The van der Waals surface area contributed by atoms with Crippen molar-refractivity contribution in [2.24, 2.45) is 5.10 Å². The SMILES string of the molecule is C=CCC1(CC=C)/C(=C/C=N/NC(=O)c2ccc(C(=O)OC)cc2)N(C)c2cc(OC)ccc21. The second kappa shape index (κ2) is 10.7. The largest absolute Gasteiger partial charge is 0.497 e. The van der Waals surface area contributed by atoms with Crippen LogP contribution in [0.2, 0.25) is 0 Å². The average Bonchev–Trinajstić information content (AvgIpc) is 3.08. The van der Waals surface area contributed by atoms with Crippen LogP contribution in [0.4, 0.5) is 5.69 Å². The molecule has 0 bridgehead atoms. The summed E-state index contributed by atoms with van der Waals surface area (Å²) >= 11 is 0. The zero-order chi connectivity index (χ0) is 24.7. The minimum Gasteiger partial charge on any atom is -0.497 e. The number of ether oxygens (including phenoxy) is 2. The molecular formula is C27H29N3O4. The molecule has 0 atom stereocenters. The fraction of sp³-hybridized carbons (Fsp3) is 0.222. The number of nitrogens with one attached hydrogen (secondary N) is 1. The van der Waals surface area contributed by atoms with Crippen molar-refractivity contribution in [3.8, 4) is 5.75 Å². The lowest BCUT2D eigenvalue weighted by Gasteiger charge is -2.30. The molecule has 1 amide bonds. The molecule has 176 valence electrons. The number of nitrogens with zero attached hydrogens (tertiary/aromatic N) is 2. The van der Waals surface area contributed by atoms with Gasteiger partial charge in [-0.05, 0) is 54.8 Å². The fourth-order valence-corrected chi connectivity index (χ4v) is 4.33. The van der Waals surface area contributed by atoms with E-state index in [0.29, 0.717) is 24.0 Å². The van der Waals surface area contributed by atoms with E-state index in [2.05, 4.69) is 39.4 Å². The van der Waals surface area contributed by atoms with Gasteiger partial charge in [-0.3, -0.25) is 4.79 Å². The Morgan fingerprint density at radius 2 is 1.71 bits per heavy atom. The molecule has 0 aliphatic carbocycles. The second-order valence-electron chi connectivity index (χ2n) is 7.85. The van der Waals surface area contributed by atoms with Crippen molar-refractivity contribution in [3.63, 3.8) is 0 Å². The van der Waals surface area contributed by atoms with E-state index in [0.717, 1.165) is 22.7 Å². The van der Waals surface area contributed by atoms with Crippen molar-refractivity contribution in [2.45, 2.75) is 18.3 Å². The lowest BCUT2D eigenvalue weighted by atomic mass is 9.74. The molecular weight excluding hydrogens is 430 g/mol. The number of likely N-dealkylation sites (N-methyl/N-ethyl adjacent to an activating group) is 1. The van der Waals surface area contributed by atoms with Gasteiger partial charge in [-0.2, -0.15) is 5.10 Å². The van der Waals surface area contributed by atoms with E-state index < -0.39 is 5.97 Å². The van der Waals surface area contributed by atoms with E-state index in [4.69, 9.17) is 4.74 Å². The minimum atomic E-state index is -0.460. The molecule has 0 radical (unpaired) electrons. The van der Waals surface area contributed by atoms with Gasteiger partial charge in [0.1, 0.15) is 5.75 Å². The highest BCUT2D eigenvalue weighted by atomic mass is 16.5. The number of methoxy groups -OCH3 is 2. The first-order valence-electron chi connectivity index (χ1n) is 10.8. The Kier molecular flexibility index (Phi) is 7.68. The van der Waals surface area contributed by atoms with Gasteiger partial charge in [0.15, 0.2) is 0 Å². The first-order chi connectivity index (χ1) is 16.4. The van der Waals surface area contributed by atoms with E-state index in [1.165, 1.54) is 19.2 Å². The maximum Gasteiger partial charge on any atom is 0.337 e. The van der Waals surface area contributed by atoms with Crippen LogP contribution in [0.3, 0.4) is 0 Å². The lowest BCUT2D eigenvalue weighted by Crippen LogP contribution is -2.29. The van der Waals surface area contributed by atoms with Gasteiger partial charge < -0.3 is 14.4 Å². The van der Waals surface area contributed by atoms with Crippen molar-refractivity contribution < 1.29 is 19.1 Å². The third kappa shape index (κ3) is 4.64. The molecule has 0 spiro atoms. The zero-order valence-electron chi connectivity index (χ0n) is 19.7. The molecule has 7 heteroatoms. The molecule has 7 nitrogen and oxygen atoms in total. The monoisotopic (exact) mass is 459 g/mol. The van der Waals surface area contributed by atoms with Gasteiger partial charge in [0, 0.05) is 41.7 Å². The first-order valence-corrected chi connectivity index (χ1v) is 10.8. The summed E-state index contributed by atoms with van der Waals surface area (Å²) in [7, 11) is 4.95. The van der Waals surface area contributed by atoms with Gasteiger partial charge in [0.25, 0.3) is 5.91 Å². The van der Waals surface area contributed by atoms with Crippen LogP contribution in [0.1, 0.15) is 39.1 Å². The standard InChI is InChI=1S/C27H29N3O4/c1-6-15-27(16-7-2)22-13-12-21(33-4)18-23(22)30(3)24(27)14-17-28-29-25(31)19-8-10-20(11-9-19)26(32)34-5/h6-14,17-18H,1-2,15-16H2,3-5H3,(H,29,31)/b24-14-,28-17+. The number of amides is 1. The molecule has 3 rings (SSSR count). The topological polar surface area (TPSA) is 80.2 Å². The summed E-state index contributed by atoms with van der Waals surface area (Å²) in [6.07, 6.45) is 8.68. The van der Waals surface area contributed by atoms with Crippen LogP contribution in [0.15, 0.2) is 84.6 Å². The molecule has 1 N–H and O–H groups in total. The fourth-order valence-electron chi connectivity index (χ4n) is 4.33. The van der Waals surface area contributed by atoms with Gasteiger partial charge in [-0.25, -0.2) is 10.2 Å². The summed E-state index contributed by atoms with van der Waals surface area (Å²) in [4.78, 5) is 26.1. The number of anilines is 1. The number of hydrogen-bond donors (Lipinski definition) is 1. The van der Waals surface area contributed by atoms with Crippen LogP contribution in [-0.4, -0.2) is 39.4 Å². The van der Waals surface area contributed by atoms with Crippen molar-refractivity contribution >= 4 is 23.8 Å². The van der Waals surface area contributed by atoms with Gasteiger partial charge in [0.05, 0.1) is 19.8 Å². The quantitative estimate of drug-likeness (QED) is 0.256. The third-order valence-electron chi connectivity index (χ3n) is 5.96. The average molecular weight is 460 g/mol. The normalized spacial score (nSPS) is 15.1. The summed E-state index contributed by atoms with van der Waals surface area (Å²) in [5.41, 5.74) is 6.13. The van der Waals surface area contributed by atoms with Crippen LogP contribution in [0.25, 0.3) is 0 Å². The number of rotatable bonds is 9. The van der Waals surface area contributed by atoms with Crippen molar-refractivity contribution in [2.75, 3.05) is 26.2 Å². The van der Waals surface area contributed by atoms with Gasteiger partial charge >= 0.3 is 5.97 Å². The Labute approximate surface area is 200 Å². The summed E-state index contributed by atoms with van der Waals surface area (Å²) < 4.78 is 10.1. The third-order valence-corrected chi connectivity index (χ3v) is 5.96. The molecule has 1 aliphatic heterocycles. The van der Waals surface area contributed by atoms with Crippen molar-refractivity contribution in [1.82, 2.24) is 5.43 Å². The molecule has 0 saturated heterocycles. The lowest BCUT2D eigenvalue weighted by molar-refractivity contribution is 0.0600. The van der Waals surface area contributed by atoms with Crippen LogP contribution >= 0.6 is 0 Å². The maximum atomic E-state index is 12.4. The number of hydrogen-bond acceptors (Lipinski definition) is 6. The van der Waals surface area contributed by atoms with Crippen LogP contribution in [-0.2, 0) is 10.2 Å². The van der Waals surface area contributed by atoms with Gasteiger partial charge in [-0.15, -0.1) is 13.2 Å². The van der Waals surface area contributed by atoms with Gasteiger partial charge in [-0.1, -0.05) is 18.2 Å². The molecule has 0 aromatic heterocycles. The predicted molar refractivity (Wildman–Crippen MR) is 135 cm³/mol.